The van der Waals surface area contributed by atoms with Gasteiger partial charge in [-0.05, 0) is 133 Å². The number of benzene rings is 6. The summed E-state index contributed by atoms with van der Waals surface area (Å²) in [5.41, 5.74) is 0.0311. The van der Waals surface area contributed by atoms with E-state index in [0.717, 1.165) is 37.6 Å². The normalized spacial score (nSPS) is 10.9. The molecule has 6 heteroatoms. The molecule has 0 unspecified atom stereocenters. The van der Waals surface area contributed by atoms with Crippen LogP contribution in [0.2, 0.25) is 0 Å². The van der Waals surface area contributed by atoms with Gasteiger partial charge in [0.1, 0.15) is 0 Å². The molecule has 6 aromatic carbocycles. The summed E-state index contributed by atoms with van der Waals surface area (Å²) in [7, 11) is 0. The van der Waals surface area contributed by atoms with Gasteiger partial charge in [-0.1, -0.05) is 12.1 Å². The van der Waals surface area contributed by atoms with Crippen molar-refractivity contribution in [3.8, 4) is 0 Å². The molecular weight excluding hydrogens is 617 g/mol. The molecular formula is C38H24O2S4. The summed E-state index contributed by atoms with van der Waals surface area (Å²) in [5.74, 6) is 0. The second-order valence-corrected chi connectivity index (χ2v) is 14.7. The molecule has 0 aliphatic carbocycles. The van der Waals surface area contributed by atoms with Crippen LogP contribution in [0.1, 0.15) is 0 Å². The zero-order valence-electron chi connectivity index (χ0n) is 23.3. The predicted molar refractivity (Wildman–Crippen MR) is 197 cm³/mol. The fraction of sp³-hybridized carbons (Fsp3) is 0. The maximum atomic E-state index is 13.2. The smallest absolute Gasteiger partial charge is 0.193 e. The highest BCUT2D eigenvalue weighted by Gasteiger charge is 1.97. The topological polar surface area (TPSA) is 34.1 Å². The van der Waals surface area contributed by atoms with Crippen LogP contribution in [0, 0.1) is 0 Å². The van der Waals surface area contributed by atoms with Crippen LogP contribution >= 0.6 is 45.3 Å². The maximum Gasteiger partial charge on any atom is 0.193 e. The van der Waals surface area contributed by atoms with E-state index >= 15 is 0 Å². The number of rotatable bonds is 0. The van der Waals surface area contributed by atoms with E-state index < -0.39 is 0 Å². The van der Waals surface area contributed by atoms with E-state index in [1.165, 1.54) is 0 Å². The molecule has 13 rings (SSSR count). The lowest BCUT2D eigenvalue weighted by Gasteiger charge is -1.94. The minimum Gasteiger partial charge on any atom is -0.289 e. The molecule has 12 bridgehead atoms. The van der Waals surface area contributed by atoms with Crippen molar-refractivity contribution in [2.45, 2.75) is 0 Å². The quantitative estimate of drug-likeness (QED) is 0.165. The van der Waals surface area contributed by atoms with Gasteiger partial charge in [0, 0.05) is 59.1 Å². The highest BCUT2D eigenvalue weighted by atomic mass is 32.1. The van der Waals surface area contributed by atoms with Crippen molar-refractivity contribution in [1.29, 1.82) is 0 Å². The summed E-state index contributed by atoms with van der Waals surface area (Å²) in [5, 5.41) is 2.69. The van der Waals surface area contributed by atoms with Crippen LogP contribution in [-0.2, 0) is 0 Å². The fourth-order valence-electron chi connectivity index (χ4n) is 4.78. The van der Waals surface area contributed by atoms with E-state index in [2.05, 4.69) is 48.5 Å². The number of hydrogen-bond donors (Lipinski definition) is 0. The molecule has 0 amide bonds. The molecule has 0 N–H and O–H groups in total. The minimum absolute atomic E-state index is 0.0155. The third-order valence-corrected chi connectivity index (χ3v) is 11.0. The third kappa shape index (κ3) is 6.54. The van der Waals surface area contributed by atoms with E-state index in [-0.39, 0.29) is 10.9 Å². The molecule has 0 saturated carbocycles. The van der Waals surface area contributed by atoms with Gasteiger partial charge in [0.05, 0.1) is 0 Å². The van der Waals surface area contributed by atoms with Gasteiger partial charge in [-0.2, -0.15) is 0 Å². The largest absolute Gasteiger partial charge is 0.289 e. The Balaban J connectivity index is 1.46. The second kappa shape index (κ2) is 12.6. The van der Waals surface area contributed by atoms with Crippen LogP contribution in [0.15, 0.2) is 155 Å². The zero-order chi connectivity index (χ0) is 29.9. The molecule has 0 fully saturated rings. The average molecular weight is 641 g/mol. The van der Waals surface area contributed by atoms with E-state index in [1.54, 1.807) is 45.3 Å². The van der Waals surface area contributed by atoms with Crippen LogP contribution in [-0.4, -0.2) is 0 Å². The average Bonchev–Trinajstić information content (AvgIpc) is 3.06. The van der Waals surface area contributed by atoms with Gasteiger partial charge in [0.25, 0.3) is 0 Å². The highest BCUT2D eigenvalue weighted by Crippen LogP contribution is 2.23. The van der Waals surface area contributed by atoms with Crippen molar-refractivity contribution >= 4 is 104 Å². The lowest BCUT2D eigenvalue weighted by Crippen LogP contribution is -1.96. The van der Waals surface area contributed by atoms with E-state index in [0.29, 0.717) is 21.5 Å². The third-order valence-electron chi connectivity index (χ3n) is 7.02. The van der Waals surface area contributed by atoms with Crippen molar-refractivity contribution in [2.75, 3.05) is 0 Å². The standard InChI is InChI=1S/C38H24O2S4/c39-37-25-7-15-29(16-8-25)41-33-3-1-4-34(23-33)42-30-17-9-26(10-18-30)38(40)28-13-21-32(22-14-28)44-36-6-2-5-35(24-36)43-31-19-11-27(37)12-20-31/h1-24H. The Labute approximate surface area is 269 Å². The van der Waals surface area contributed by atoms with Gasteiger partial charge in [-0.25, -0.2) is 0 Å². The molecule has 2 nitrogen and oxygen atoms in total. The van der Waals surface area contributed by atoms with Crippen molar-refractivity contribution in [3.63, 3.8) is 0 Å². The summed E-state index contributed by atoms with van der Waals surface area (Å²) >= 11 is 6.67. The van der Waals surface area contributed by atoms with Crippen LogP contribution in [0.3, 0.4) is 0 Å². The first kappa shape index (κ1) is 28.3. The number of hydrogen-bond acceptors (Lipinski definition) is 6. The van der Waals surface area contributed by atoms with Gasteiger partial charge in [-0.3, -0.25) is 9.59 Å². The maximum absolute atomic E-state index is 13.2. The van der Waals surface area contributed by atoms with E-state index in [4.69, 9.17) is 0 Å². The second-order valence-electron chi connectivity index (χ2n) is 10.1. The first-order valence-corrected chi connectivity index (χ1v) is 17.2. The summed E-state index contributed by atoms with van der Waals surface area (Å²) in [6.07, 6.45) is 0. The Bertz CT molecular complexity index is 2140. The summed E-state index contributed by atoms with van der Waals surface area (Å²) in [6.45, 7) is 0. The van der Waals surface area contributed by atoms with Crippen LogP contribution < -0.4 is 10.9 Å². The van der Waals surface area contributed by atoms with Gasteiger partial charge < -0.3 is 0 Å². The van der Waals surface area contributed by atoms with Crippen molar-refractivity contribution < 1.29 is 0 Å². The first-order chi connectivity index (χ1) is 21.6. The lowest BCUT2D eigenvalue weighted by molar-refractivity contribution is 1.73. The summed E-state index contributed by atoms with van der Waals surface area (Å²) < 4.78 is 8.76. The monoisotopic (exact) mass is 640 g/mol. The minimum atomic E-state index is 0.0155. The Morgan fingerprint density at radius 3 is 0.727 bits per heavy atom. The van der Waals surface area contributed by atoms with Crippen molar-refractivity contribution in [1.82, 2.24) is 0 Å². The Morgan fingerprint density at radius 1 is 0.273 bits per heavy atom. The summed E-state index contributed by atoms with van der Waals surface area (Å²) in [6, 6.07) is 48.1. The zero-order valence-corrected chi connectivity index (χ0v) is 26.6. The molecule has 0 aliphatic rings. The van der Waals surface area contributed by atoms with Gasteiger partial charge in [0.2, 0.25) is 0 Å². The fourth-order valence-corrected chi connectivity index (χ4v) is 8.43. The van der Waals surface area contributed by atoms with Crippen molar-refractivity contribution in [3.05, 3.63) is 166 Å². The molecule has 13 aromatic rings. The van der Waals surface area contributed by atoms with E-state index in [1.807, 2.05) is 97.1 Å². The molecule has 7 aromatic heterocycles. The molecule has 212 valence electrons. The predicted octanol–water partition coefficient (Wildman–Crippen LogP) is 11.5. The first-order valence-electron chi connectivity index (χ1n) is 14.0. The molecule has 0 saturated heterocycles. The van der Waals surface area contributed by atoms with Crippen LogP contribution in [0.4, 0.5) is 0 Å². The Hall–Kier alpha value is -4.46. The molecule has 44 heavy (non-hydrogen) atoms. The molecule has 0 spiro atoms. The Morgan fingerprint density at radius 2 is 0.500 bits per heavy atom. The molecule has 0 aliphatic heterocycles. The van der Waals surface area contributed by atoms with E-state index in [9.17, 15) is 9.59 Å². The molecule has 0 radical (unpaired) electrons. The SMILES string of the molecule is O=c1c2ccc(cc2)sc2cccc(c2)sc2ccc(cc2)c(=O)c2ccc(cc2)sc2cccc(c2)sc2ccc1cc2. The molecule has 0 atom stereocenters. The lowest BCUT2D eigenvalue weighted by atomic mass is 10.2. The van der Waals surface area contributed by atoms with Crippen LogP contribution in [0.5, 0.6) is 0 Å². The van der Waals surface area contributed by atoms with Gasteiger partial charge >= 0.3 is 0 Å². The van der Waals surface area contributed by atoms with Gasteiger partial charge in [0.15, 0.2) is 10.9 Å². The van der Waals surface area contributed by atoms with Gasteiger partial charge in [-0.15, -0.1) is 45.3 Å². The van der Waals surface area contributed by atoms with Crippen molar-refractivity contribution in [2.24, 2.45) is 0 Å². The highest BCUT2D eigenvalue weighted by molar-refractivity contribution is 7.25. The van der Waals surface area contributed by atoms with Crippen LogP contribution in [0.25, 0.3) is 59.1 Å². The summed E-state index contributed by atoms with van der Waals surface area (Å²) in [4.78, 5) is 26.5. The molecule has 7 heterocycles. The Kier molecular flexibility index (Phi) is 8.14.